The lowest BCUT2D eigenvalue weighted by Gasteiger charge is -2.16. The van der Waals surface area contributed by atoms with E-state index in [0.29, 0.717) is 17.3 Å². The molecule has 0 aliphatic rings. The zero-order chi connectivity index (χ0) is 14.3. The van der Waals surface area contributed by atoms with Gasteiger partial charge in [-0.3, -0.25) is 4.79 Å². The van der Waals surface area contributed by atoms with Gasteiger partial charge in [0.2, 0.25) is 0 Å². The van der Waals surface area contributed by atoms with E-state index in [0.717, 1.165) is 19.4 Å². The van der Waals surface area contributed by atoms with Crippen molar-refractivity contribution in [3.8, 4) is 0 Å². The number of hydrogen-bond acceptors (Lipinski definition) is 3. The van der Waals surface area contributed by atoms with Crippen LogP contribution in [0.15, 0.2) is 18.3 Å². The van der Waals surface area contributed by atoms with Gasteiger partial charge in [-0.2, -0.15) is 0 Å². The first-order valence-corrected chi connectivity index (χ1v) is 7.04. The summed E-state index contributed by atoms with van der Waals surface area (Å²) in [6.45, 7) is 9.17. The van der Waals surface area contributed by atoms with Crippen LogP contribution in [0.3, 0.4) is 0 Å². The highest BCUT2D eigenvalue weighted by Crippen LogP contribution is 2.12. The van der Waals surface area contributed by atoms with Gasteiger partial charge in [0.1, 0.15) is 5.82 Å². The van der Waals surface area contributed by atoms with Gasteiger partial charge in [-0.05, 0) is 44.7 Å². The first-order chi connectivity index (χ1) is 9.04. The van der Waals surface area contributed by atoms with Crippen LogP contribution in [0.4, 0.5) is 5.82 Å². The number of carbonyl (C=O) groups is 1. The molecule has 2 N–H and O–H groups in total. The first kappa shape index (κ1) is 15.5. The summed E-state index contributed by atoms with van der Waals surface area (Å²) >= 11 is 0. The Morgan fingerprint density at radius 1 is 1.32 bits per heavy atom. The van der Waals surface area contributed by atoms with Gasteiger partial charge in [0.25, 0.3) is 5.91 Å². The molecular formula is C15H25N3O. The Labute approximate surface area is 116 Å². The minimum absolute atomic E-state index is 0.0553. The number of anilines is 1. The molecule has 1 unspecified atom stereocenters. The van der Waals surface area contributed by atoms with E-state index in [4.69, 9.17) is 0 Å². The Balaban J connectivity index is 2.62. The fourth-order valence-electron chi connectivity index (χ4n) is 1.85. The molecule has 1 aromatic rings. The topological polar surface area (TPSA) is 54.0 Å². The third kappa shape index (κ3) is 5.28. The second-order valence-corrected chi connectivity index (χ2v) is 5.28. The lowest BCUT2D eigenvalue weighted by molar-refractivity contribution is 0.0937. The highest BCUT2D eigenvalue weighted by atomic mass is 16.1. The molecule has 1 atom stereocenters. The third-order valence-corrected chi connectivity index (χ3v) is 2.95. The van der Waals surface area contributed by atoms with E-state index in [1.54, 1.807) is 18.3 Å². The number of aromatic nitrogens is 1. The van der Waals surface area contributed by atoms with Crippen LogP contribution in [-0.2, 0) is 0 Å². The predicted molar refractivity (Wildman–Crippen MR) is 79.4 cm³/mol. The quantitative estimate of drug-likeness (QED) is 0.795. The molecule has 19 heavy (non-hydrogen) atoms. The van der Waals surface area contributed by atoms with Gasteiger partial charge in [-0.25, -0.2) is 4.98 Å². The average Bonchev–Trinajstić information content (AvgIpc) is 2.37. The Morgan fingerprint density at radius 3 is 2.68 bits per heavy atom. The van der Waals surface area contributed by atoms with Crippen molar-refractivity contribution >= 4 is 11.7 Å². The summed E-state index contributed by atoms with van der Waals surface area (Å²) in [6.07, 6.45) is 3.81. The maximum absolute atomic E-state index is 12.2. The molecule has 106 valence electrons. The van der Waals surface area contributed by atoms with Gasteiger partial charge in [-0.1, -0.05) is 13.8 Å². The Hall–Kier alpha value is -1.58. The summed E-state index contributed by atoms with van der Waals surface area (Å²) in [5, 5.41) is 6.14. The van der Waals surface area contributed by atoms with Crippen molar-refractivity contribution in [2.45, 2.75) is 46.6 Å². The van der Waals surface area contributed by atoms with Crippen LogP contribution >= 0.6 is 0 Å². The molecule has 0 spiro atoms. The van der Waals surface area contributed by atoms with Crippen molar-refractivity contribution in [3.05, 3.63) is 23.9 Å². The Kier molecular flexibility index (Phi) is 6.33. The molecule has 0 saturated heterocycles. The molecule has 1 amide bonds. The number of hydrogen-bond donors (Lipinski definition) is 2. The molecule has 0 aliphatic carbocycles. The van der Waals surface area contributed by atoms with Crippen molar-refractivity contribution < 1.29 is 4.79 Å². The molecule has 4 nitrogen and oxygen atoms in total. The Morgan fingerprint density at radius 2 is 2.05 bits per heavy atom. The monoisotopic (exact) mass is 263 g/mol. The first-order valence-electron chi connectivity index (χ1n) is 7.04. The van der Waals surface area contributed by atoms with Gasteiger partial charge in [0.15, 0.2) is 0 Å². The fourth-order valence-corrected chi connectivity index (χ4v) is 1.85. The second-order valence-electron chi connectivity index (χ2n) is 5.28. The molecule has 0 fully saturated rings. The van der Waals surface area contributed by atoms with Crippen LogP contribution in [0.1, 0.15) is 50.9 Å². The van der Waals surface area contributed by atoms with Crippen molar-refractivity contribution in [1.29, 1.82) is 0 Å². The van der Waals surface area contributed by atoms with Crippen LogP contribution in [0.25, 0.3) is 0 Å². The molecule has 1 rings (SSSR count). The summed E-state index contributed by atoms with van der Waals surface area (Å²) in [6, 6.07) is 3.77. The number of nitrogens with zero attached hydrogens (tertiary/aromatic N) is 1. The van der Waals surface area contributed by atoms with Crippen LogP contribution < -0.4 is 10.6 Å². The molecule has 4 heteroatoms. The van der Waals surface area contributed by atoms with Crippen LogP contribution in [-0.4, -0.2) is 23.5 Å². The van der Waals surface area contributed by atoms with Crippen molar-refractivity contribution in [1.82, 2.24) is 10.3 Å². The van der Waals surface area contributed by atoms with Crippen LogP contribution in [0, 0.1) is 5.92 Å². The largest absolute Gasteiger partial charge is 0.370 e. The number of amides is 1. The Bertz CT molecular complexity index is 404. The number of pyridine rings is 1. The van der Waals surface area contributed by atoms with Crippen LogP contribution in [0.2, 0.25) is 0 Å². The minimum Gasteiger partial charge on any atom is -0.370 e. The van der Waals surface area contributed by atoms with E-state index in [1.165, 1.54) is 0 Å². The number of rotatable bonds is 7. The lowest BCUT2D eigenvalue weighted by Crippen LogP contribution is -2.33. The molecule has 0 bridgehead atoms. The lowest BCUT2D eigenvalue weighted by atomic mass is 10.0. The van der Waals surface area contributed by atoms with Crippen molar-refractivity contribution in [3.63, 3.8) is 0 Å². The molecule has 1 aromatic heterocycles. The molecule has 0 radical (unpaired) electrons. The minimum atomic E-state index is -0.0553. The second kappa shape index (κ2) is 7.77. The van der Waals surface area contributed by atoms with E-state index in [9.17, 15) is 4.79 Å². The third-order valence-electron chi connectivity index (χ3n) is 2.95. The summed E-state index contributed by atoms with van der Waals surface area (Å²) < 4.78 is 0. The standard InChI is InChI=1S/C15H25N3O/c1-5-16-14-13(7-6-10-17-14)15(19)18-12(4)9-8-11(2)3/h6-7,10-12H,5,8-9H2,1-4H3,(H,16,17)(H,18,19). The number of carbonyl (C=O) groups excluding carboxylic acids is 1. The maximum Gasteiger partial charge on any atom is 0.255 e. The van der Waals surface area contributed by atoms with Gasteiger partial charge < -0.3 is 10.6 Å². The van der Waals surface area contributed by atoms with E-state index < -0.39 is 0 Å². The molecule has 1 heterocycles. The van der Waals surface area contributed by atoms with E-state index >= 15 is 0 Å². The van der Waals surface area contributed by atoms with Crippen molar-refractivity contribution in [2.75, 3.05) is 11.9 Å². The summed E-state index contributed by atoms with van der Waals surface area (Å²) in [4.78, 5) is 16.4. The average molecular weight is 263 g/mol. The zero-order valence-electron chi connectivity index (χ0n) is 12.4. The van der Waals surface area contributed by atoms with Gasteiger partial charge in [0.05, 0.1) is 5.56 Å². The molecule has 0 aromatic carbocycles. The smallest absolute Gasteiger partial charge is 0.255 e. The summed E-state index contributed by atoms with van der Waals surface area (Å²) in [7, 11) is 0. The van der Waals surface area contributed by atoms with Crippen LogP contribution in [0.5, 0.6) is 0 Å². The highest BCUT2D eigenvalue weighted by molar-refractivity contribution is 5.98. The SMILES string of the molecule is CCNc1ncccc1C(=O)NC(C)CCC(C)C. The van der Waals surface area contributed by atoms with Gasteiger partial charge >= 0.3 is 0 Å². The predicted octanol–water partition coefficient (Wildman–Crippen LogP) is 3.07. The van der Waals surface area contributed by atoms with E-state index in [1.807, 2.05) is 13.8 Å². The maximum atomic E-state index is 12.2. The van der Waals surface area contributed by atoms with Gasteiger partial charge in [-0.15, -0.1) is 0 Å². The molecule has 0 aliphatic heterocycles. The van der Waals surface area contributed by atoms with E-state index in [2.05, 4.69) is 29.5 Å². The fraction of sp³-hybridized carbons (Fsp3) is 0.600. The van der Waals surface area contributed by atoms with E-state index in [-0.39, 0.29) is 11.9 Å². The highest BCUT2D eigenvalue weighted by Gasteiger charge is 2.14. The summed E-state index contributed by atoms with van der Waals surface area (Å²) in [5.74, 6) is 1.26. The zero-order valence-corrected chi connectivity index (χ0v) is 12.4. The number of nitrogens with one attached hydrogen (secondary N) is 2. The normalized spacial score (nSPS) is 12.3. The van der Waals surface area contributed by atoms with Gasteiger partial charge in [0, 0.05) is 18.8 Å². The molecular weight excluding hydrogens is 238 g/mol. The summed E-state index contributed by atoms with van der Waals surface area (Å²) in [5.41, 5.74) is 0.612. The molecule has 0 saturated carbocycles. The van der Waals surface area contributed by atoms with Crippen molar-refractivity contribution in [2.24, 2.45) is 5.92 Å².